The topological polar surface area (TPSA) is 65.5 Å². The summed E-state index contributed by atoms with van der Waals surface area (Å²) in [6, 6.07) is 15.3. The molecule has 2 heterocycles. The molecule has 3 aromatic rings. The molecule has 0 bridgehead atoms. The second-order valence-electron chi connectivity index (χ2n) is 7.60. The molecule has 29 heavy (non-hydrogen) atoms. The number of pyridine rings is 1. The number of phenolic OH excluding ortho intramolecular Hbond substituents is 1. The Kier molecular flexibility index (Phi) is 5.71. The van der Waals surface area contributed by atoms with E-state index in [9.17, 15) is 14.3 Å². The highest BCUT2D eigenvalue weighted by atomic mass is 19.1. The minimum atomic E-state index is -0.219. The second-order valence-corrected chi connectivity index (χ2v) is 7.60. The molecule has 0 atom stereocenters. The van der Waals surface area contributed by atoms with Gasteiger partial charge < -0.3 is 10.4 Å². The molecule has 5 nitrogen and oxygen atoms in total. The van der Waals surface area contributed by atoms with Crippen molar-refractivity contribution in [3.8, 4) is 5.75 Å². The molecule has 1 aliphatic heterocycles. The van der Waals surface area contributed by atoms with Crippen LogP contribution in [0, 0.1) is 11.7 Å². The SMILES string of the molecule is O=C(NCC1CCN(Cc2ccc(F)cc2)CC1)c1ccc2cccc(O)c2n1. The largest absolute Gasteiger partial charge is 0.506 e. The van der Waals surface area contributed by atoms with Gasteiger partial charge in [-0.25, -0.2) is 9.37 Å². The van der Waals surface area contributed by atoms with Gasteiger partial charge in [0.05, 0.1) is 0 Å². The molecule has 6 heteroatoms. The smallest absolute Gasteiger partial charge is 0.269 e. The van der Waals surface area contributed by atoms with Crippen LogP contribution in [0.1, 0.15) is 28.9 Å². The minimum absolute atomic E-state index is 0.0747. The van der Waals surface area contributed by atoms with E-state index in [0.29, 0.717) is 23.7 Å². The molecule has 2 aromatic carbocycles. The number of benzene rings is 2. The molecular formula is C23H24FN3O2. The summed E-state index contributed by atoms with van der Waals surface area (Å²) < 4.78 is 13.0. The number of carbonyl (C=O) groups excluding carboxylic acids is 1. The normalized spacial score (nSPS) is 15.5. The molecule has 0 radical (unpaired) electrons. The van der Waals surface area contributed by atoms with Crippen LogP contribution in [0.25, 0.3) is 10.9 Å². The van der Waals surface area contributed by atoms with Gasteiger partial charge in [0, 0.05) is 18.5 Å². The summed E-state index contributed by atoms with van der Waals surface area (Å²) >= 11 is 0. The van der Waals surface area contributed by atoms with E-state index in [1.807, 2.05) is 18.2 Å². The van der Waals surface area contributed by atoms with Crippen LogP contribution in [-0.4, -0.2) is 40.5 Å². The van der Waals surface area contributed by atoms with Gasteiger partial charge in [-0.1, -0.05) is 30.3 Å². The third-order valence-electron chi connectivity index (χ3n) is 5.51. The first-order valence-electron chi connectivity index (χ1n) is 9.92. The maximum absolute atomic E-state index is 13.0. The van der Waals surface area contributed by atoms with Crippen molar-refractivity contribution in [1.82, 2.24) is 15.2 Å². The molecule has 0 aliphatic carbocycles. The number of amides is 1. The van der Waals surface area contributed by atoms with E-state index < -0.39 is 0 Å². The standard InChI is InChI=1S/C23H24FN3O2/c24-19-7-4-17(5-8-19)15-27-12-10-16(11-13-27)14-25-23(29)20-9-6-18-2-1-3-21(28)22(18)26-20/h1-9,16,28H,10-15H2,(H,25,29). The van der Waals surface area contributed by atoms with E-state index in [0.717, 1.165) is 43.4 Å². The lowest BCUT2D eigenvalue weighted by atomic mass is 9.96. The number of phenols is 1. The van der Waals surface area contributed by atoms with E-state index in [1.165, 1.54) is 12.1 Å². The van der Waals surface area contributed by atoms with Crippen LogP contribution < -0.4 is 5.32 Å². The van der Waals surface area contributed by atoms with E-state index in [-0.39, 0.29) is 17.5 Å². The molecular weight excluding hydrogens is 369 g/mol. The summed E-state index contributed by atoms with van der Waals surface area (Å²) in [5.41, 5.74) is 1.87. The molecule has 0 unspecified atom stereocenters. The first-order chi connectivity index (χ1) is 14.1. The summed E-state index contributed by atoms with van der Waals surface area (Å²) in [4.78, 5) is 19.1. The number of para-hydroxylation sites is 1. The molecule has 1 aliphatic rings. The maximum Gasteiger partial charge on any atom is 0.269 e. The molecule has 0 saturated carbocycles. The Morgan fingerprint density at radius 2 is 1.86 bits per heavy atom. The Labute approximate surface area is 169 Å². The maximum atomic E-state index is 13.0. The van der Waals surface area contributed by atoms with Gasteiger partial charge in [-0.3, -0.25) is 9.69 Å². The van der Waals surface area contributed by atoms with Crippen molar-refractivity contribution in [3.05, 3.63) is 71.7 Å². The van der Waals surface area contributed by atoms with Crippen LogP contribution in [0.4, 0.5) is 4.39 Å². The first-order valence-corrected chi connectivity index (χ1v) is 9.92. The highest BCUT2D eigenvalue weighted by Crippen LogP contribution is 2.22. The van der Waals surface area contributed by atoms with Gasteiger partial charge in [0.15, 0.2) is 0 Å². The summed E-state index contributed by atoms with van der Waals surface area (Å²) in [5.74, 6) is 0.0752. The Bertz CT molecular complexity index is 999. The van der Waals surface area contributed by atoms with Crippen molar-refractivity contribution < 1.29 is 14.3 Å². The van der Waals surface area contributed by atoms with Crippen molar-refractivity contribution in [2.45, 2.75) is 19.4 Å². The Morgan fingerprint density at radius 3 is 2.62 bits per heavy atom. The highest BCUT2D eigenvalue weighted by molar-refractivity contribution is 5.95. The zero-order chi connectivity index (χ0) is 20.2. The fraction of sp³-hybridized carbons (Fsp3) is 0.304. The molecule has 2 N–H and O–H groups in total. The Hall–Kier alpha value is -2.99. The summed E-state index contributed by atoms with van der Waals surface area (Å²) in [6.45, 7) is 3.35. The lowest BCUT2D eigenvalue weighted by molar-refractivity contribution is 0.0930. The predicted octanol–water partition coefficient (Wildman–Crippen LogP) is 3.72. The van der Waals surface area contributed by atoms with Crippen molar-refractivity contribution in [2.24, 2.45) is 5.92 Å². The molecule has 4 rings (SSSR count). The number of aromatic hydroxyl groups is 1. The van der Waals surface area contributed by atoms with Gasteiger partial charge in [0.25, 0.3) is 5.91 Å². The van der Waals surface area contributed by atoms with Crippen LogP contribution in [0.15, 0.2) is 54.6 Å². The monoisotopic (exact) mass is 393 g/mol. The number of nitrogens with one attached hydrogen (secondary N) is 1. The zero-order valence-electron chi connectivity index (χ0n) is 16.1. The predicted molar refractivity (Wildman–Crippen MR) is 110 cm³/mol. The third-order valence-corrected chi connectivity index (χ3v) is 5.51. The lowest BCUT2D eigenvalue weighted by Gasteiger charge is -2.32. The van der Waals surface area contributed by atoms with E-state index >= 15 is 0 Å². The Morgan fingerprint density at radius 1 is 1.10 bits per heavy atom. The number of likely N-dealkylation sites (tertiary alicyclic amines) is 1. The van der Waals surface area contributed by atoms with E-state index in [2.05, 4.69) is 15.2 Å². The third kappa shape index (κ3) is 4.71. The molecule has 1 fully saturated rings. The van der Waals surface area contributed by atoms with Gasteiger partial charge >= 0.3 is 0 Å². The van der Waals surface area contributed by atoms with Gasteiger partial charge in [-0.05, 0) is 61.7 Å². The van der Waals surface area contributed by atoms with E-state index in [1.54, 1.807) is 24.3 Å². The van der Waals surface area contributed by atoms with Crippen molar-refractivity contribution in [1.29, 1.82) is 0 Å². The Balaban J connectivity index is 1.27. The van der Waals surface area contributed by atoms with Crippen molar-refractivity contribution in [3.63, 3.8) is 0 Å². The average Bonchev–Trinajstić information content (AvgIpc) is 2.75. The fourth-order valence-corrected chi connectivity index (χ4v) is 3.78. The number of piperidine rings is 1. The number of fused-ring (bicyclic) bond motifs is 1. The summed E-state index contributed by atoms with van der Waals surface area (Å²) in [6.07, 6.45) is 2.01. The molecule has 1 aromatic heterocycles. The van der Waals surface area contributed by atoms with Gasteiger partial charge in [-0.2, -0.15) is 0 Å². The molecule has 1 saturated heterocycles. The molecule has 150 valence electrons. The van der Waals surface area contributed by atoms with Crippen LogP contribution in [-0.2, 0) is 6.54 Å². The minimum Gasteiger partial charge on any atom is -0.506 e. The number of hydrogen-bond acceptors (Lipinski definition) is 4. The first kappa shape index (κ1) is 19.3. The van der Waals surface area contributed by atoms with Crippen LogP contribution in [0.3, 0.4) is 0 Å². The van der Waals surface area contributed by atoms with Crippen LogP contribution in [0.2, 0.25) is 0 Å². The van der Waals surface area contributed by atoms with Gasteiger partial charge in [0.1, 0.15) is 22.8 Å². The highest BCUT2D eigenvalue weighted by Gasteiger charge is 2.20. The van der Waals surface area contributed by atoms with Gasteiger partial charge in [-0.15, -0.1) is 0 Å². The number of halogens is 1. The molecule has 0 spiro atoms. The van der Waals surface area contributed by atoms with Crippen molar-refractivity contribution in [2.75, 3.05) is 19.6 Å². The lowest BCUT2D eigenvalue weighted by Crippen LogP contribution is -2.38. The number of hydrogen-bond donors (Lipinski definition) is 2. The van der Waals surface area contributed by atoms with Crippen LogP contribution in [0.5, 0.6) is 5.75 Å². The fourth-order valence-electron chi connectivity index (χ4n) is 3.78. The van der Waals surface area contributed by atoms with Crippen LogP contribution >= 0.6 is 0 Å². The summed E-state index contributed by atoms with van der Waals surface area (Å²) in [5, 5.41) is 13.7. The average molecular weight is 393 g/mol. The van der Waals surface area contributed by atoms with E-state index in [4.69, 9.17) is 0 Å². The number of aromatic nitrogens is 1. The second kappa shape index (κ2) is 8.57. The van der Waals surface area contributed by atoms with Gasteiger partial charge in [0.2, 0.25) is 0 Å². The quantitative estimate of drug-likeness (QED) is 0.693. The molecule has 1 amide bonds. The van der Waals surface area contributed by atoms with Crippen molar-refractivity contribution >= 4 is 16.8 Å². The number of carbonyl (C=O) groups is 1. The number of nitrogens with zero attached hydrogens (tertiary/aromatic N) is 2. The number of rotatable bonds is 5. The summed E-state index contributed by atoms with van der Waals surface area (Å²) in [7, 11) is 0. The zero-order valence-corrected chi connectivity index (χ0v) is 16.1.